The molecule has 0 saturated carbocycles. The summed E-state index contributed by atoms with van der Waals surface area (Å²) in [7, 11) is 2.68. The summed E-state index contributed by atoms with van der Waals surface area (Å²) in [6, 6.07) is 0. The fourth-order valence-electron chi connectivity index (χ4n) is 0.777. The molecule has 1 fully saturated rings. The molecule has 1 aliphatic heterocycles. The Morgan fingerprint density at radius 1 is 1.38 bits per heavy atom. The van der Waals surface area contributed by atoms with Crippen LogP contribution >= 0.6 is 0 Å². The van der Waals surface area contributed by atoms with Gasteiger partial charge in [0, 0.05) is 20.1 Å². The Balaban J connectivity index is 2.30. The predicted molar refractivity (Wildman–Crippen MR) is 42.8 cm³/mol. The molecule has 0 unspecified atom stereocenters. The first kappa shape index (κ1) is 9.79. The Morgan fingerprint density at radius 3 is 2.38 bits per heavy atom. The first-order valence-electron chi connectivity index (χ1n) is 3.93. The molecule has 0 aromatic heterocycles. The molecule has 0 atom stereocenters. The minimum atomic E-state index is -0.806. The van der Waals surface area contributed by atoms with E-state index in [0.717, 1.165) is 11.5 Å². The largest absolute Gasteiger partial charge is 0.442 e. The maximum absolute atomic E-state index is 11.1. The predicted octanol–water partition coefficient (Wildman–Crippen LogP) is 0.442. The maximum Gasteiger partial charge on any atom is 0.442 e. The highest BCUT2D eigenvalue weighted by molar-refractivity contribution is 5.83. The number of likely N-dealkylation sites (tertiary alicyclic amines) is 1. The molecule has 74 valence electrons. The summed E-state index contributed by atoms with van der Waals surface area (Å²) in [6.45, 7) is 1.31. The van der Waals surface area contributed by atoms with Gasteiger partial charge >= 0.3 is 12.2 Å². The van der Waals surface area contributed by atoms with Gasteiger partial charge in [0.25, 0.3) is 0 Å². The number of carbonyl (C=O) groups excluding carboxylic acids is 2. The minimum Gasteiger partial charge on any atom is -0.358 e. The minimum absolute atomic E-state index is 0.611. The van der Waals surface area contributed by atoms with Crippen LogP contribution in [0.2, 0.25) is 0 Å². The highest BCUT2D eigenvalue weighted by Gasteiger charge is 2.25. The molecule has 6 nitrogen and oxygen atoms in total. The molecule has 0 aliphatic carbocycles. The Bertz CT molecular complexity index is 200. The Hall–Kier alpha value is -1.30. The van der Waals surface area contributed by atoms with Crippen LogP contribution in [0.25, 0.3) is 0 Å². The topological polar surface area (TPSA) is 59.1 Å². The molecule has 0 aromatic rings. The van der Waals surface area contributed by atoms with Gasteiger partial charge in [-0.2, -0.15) is 5.06 Å². The van der Waals surface area contributed by atoms with Crippen molar-refractivity contribution in [2.24, 2.45) is 0 Å². The molecule has 0 aromatic carbocycles. The van der Waals surface area contributed by atoms with Crippen molar-refractivity contribution in [2.45, 2.75) is 6.42 Å². The first-order valence-corrected chi connectivity index (χ1v) is 3.93. The summed E-state index contributed by atoms with van der Waals surface area (Å²) in [5.41, 5.74) is 0. The normalized spacial score (nSPS) is 14.8. The van der Waals surface area contributed by atoms with Crippen LogP contribution in [-0.4, -0.2) is 49.4 Å². The molecule has 1 rings (SSSR count). The number of amides is 2. The van der Waals surface area contributed by atoms with Gasteiger partial charge in [0.1, 0.15) is 0 Å². The summed E-state index contributed by atoms with van der Waals surface area (Å²) < 4.78 is 4.46. The molecule has 1 aliphatic rings. The van der Waals surface area contributed by atoms with Gasteiger partial charge in [-0.15, -0.1) is 0 Å². The van der Waals surface area contributed by atoms with Gasteiger partial charge in [-0.1, -0.05) is 0 Å². The number of ether oxygens (including phenoxy) is 1. The fourth-order valence-corrected chi connectivity index (χ4v) is 0.777. The van der Waals surface area contributed by atoms with E-state index < -0.39 is 12.2 Å². The van der Waals surface area contributed by atoms with Crippen LogP contribution in [0.15, 0.2) is 0 Å². The smallest absolute Gasteiger partial charge is 0.358 e. The zero-order chi connectivity index (χ0) is 9.84. The third kappa shape index (κ3) is 2.32. The summed E-state index contributed by atoms with van der Waals surface area (Å²) in [6.07, 6.45) is -0.455. The number of nitrogens with zero attached hydrogens (tertiary/aromatic N) is 2. The lowest BCUT2D eigenvalue weighted by atomic mass is 10.2. The monoisotopic (exact) mass is 188 g/mol. The van der Waals surface area contributed by atoms with Crippen molar-refractivity contribution in [3.05, 3.63) is 0 Å². The number of carbonyl (C=O) groups is 2. The maximum atomic E-state index is 11.1. The second kappa shape index (κ2) is 4.08. The molecule has 0 radical (unpaired) electrons. The average molecular weight is 188 g/mol. The lowest BCUT2D eigenvalue weighted by Crippen LogP contribution is -2.44. The quantitative estimate of drug-likeness (QED) is 0.442. The van der Waals surface area contributed by atoms with Crippen LogP contribution in [-0.2, 0) is 9.57 Å². The van der Waals surface area contributed by atoms with Crippen molar-refractivity contribution >= 4 is 12.2 Å². The van der Waals surface area contributed by atoms with Gasteiger partial charge in [-0.25, -0.2) is 9.59 Å². The fraction of sp³-hybridized carbons (Fsp3) is 0.714. The Labute approximate surface area is 75.9 Å². The second-order valence-electron chi connectivity index (χ2n) is 2.65. The van der Waals surface area contributed by atoms with E-state index in [2.05, 4.69) is 9.57 Å². The Kier molecular flexibility index (Phi) is 3.07. The molecular weight excluding hydrogens is 176 g/mol. The summed E-state index contributed by atoms with van der Waals surface area (Å²) in [5, 5.41) is 0.845. The zero-order valence-electron chi connectivity index (χ0n) is 7.65. The molecular formula is C7H12N2O4. The van der Waals surface area contributed by atoms with E-state index in [1.165, 1.54) is 19.1 Å². The van der Waals surface area contributed by atoms with E-state index in [0.29, 0.717) is 13.1 Å². The summed E-state index contributed by atoms with van der Waals surface area (Å²) >= 11 is 0. The number of hydrogen-bond donors (Lipinski definition) is 0. The van der Waals surface area contributed by atoms with Crippen LogP contribution in [0.4, 0.5) is 9.59 Å². The Morgan fingerprint density at radius 2 is 2.00 bits per heavy atom. The van der Waals surface area contributed by atoms with Crippen LogP contribution in [0.1, 0.15) is 6.42 Å². The highest BCUT2D eigenvalue weighted by atomic mass is 16.7. The van der Waals surface area contributed by atoms with E-state index in [9.17, 15) is 9.59 Å². The third-order valence-corrected chi connectivity index (χ3v) is 1.82. The van der Waals surface area contributed by atoms with E-state index in [1.807, 2.05) is 0 Å². The van der Waals surface area contributed by atoms with Gasteiger partial charge in [-0.3, -0.25) is 4.84 Å². The zero-order valence-corrected chi connectivity index (χ0v) is 7.65. The molecule has 1 heterocycles. The van der Waals surface area contributed by atoms with Crippen LogP contribution in [0, 0.1) is 0 Å². The van der Waals surface area contributed by atoms with Crippen molar-refractivity contribution < 1.29 is 19.2 Å². The van der Waals surface area contributed by atoms with Crippen LogP contribution < -0.4 is 0 Å². The number of hydroxylamine groups is 2. The van der Waals surface area contributed by atoms with Crippen molar-refractivity contribution in [3.8, 4) is 0 Å². The van der Waals surface area contributed by atoms with E-state index in [-0.39, 0.29) is 0 Å². The molecule has 1 saturated heterocycles. The van der Waals surface area contributed by atoms with Crippen molar-refractivity contribution in [2.75, 3.05) is 27.2 Å². The van der Waals surface area contributed by atoms with E-state index in [1.54, 1.807) is 0 Å². The van der Waals surface area contributed by atoms with Gasteiger partial charge in [0.05, 0.1) is 7.11 Å². The SMILES string of the molecule is CON(C)C(=O)OC(=O)N1CCC1. The molecule has 13 heavy (non-hydrogen) atoms. The first-order chi connectivity index (χ1) is 6.15. The van der Waals surface area contributed by atoms with E-state index in [4.69, 9.17) is 0 Å². The average Bonchev–Trinajstić information content (AvgIpc) is 1.99. The van der Waals surface area contributed by atoms with Gasteiger partial charge in [-0.05, 0) is 6.42 Å². The standard InChI is InChI=1S/C7H12N2O4/c1-8(12-2)6(10)13-7(11)9-4-3-5-9/h3-5H2,1-2H3. The van der Waals surface area contributed by atoms with Gasteiger partial charge < -0.3 is 9.64 Å². The van der Waals surface area contributed by atoms with Gasteiger partial charge in [0.2, 0.25) is 0 Å². The number of rotatable bonds is 1. The van der Waals surface area contributed by atoms with Crippen molar-refractivity contribution in [3.63, 3.8) is 0 Å². The lowest BCUT2D eigenvalue weighted by molar-refractivity contribution is -0.0852. The second-order valence-corrected chi connectivity index (χ2v) is 2.65. The van der Waals surface area contributed by atoms with Crippen LogP contribution in [0.5, 0.6) is 0 Å². The van der Waals surface area contributed by atoms with Gasteiger partial charge in [0.15, 0.2) is 0 Å². The van der Waals surface area contributed by atoms with Crippen molar-refractivity contribution in [1.82, 2.24) is 9.96 Å². The van der Waals surface area contributed by atoms with Crippen molar-refractivity contribution in [1.29, 1.82) is 0 Å². The highest BCUT2D eigenvalue weighted by Crippen LogP contribution is 2.08. The van der Waals surface area contributed by atoms with E-state index >= 15 is 0 Å². The molecule has 0 bridgehead atoms. The molecule has 2 amide bonds. The number of hydrogen-bond acceptors (Lipinski definition) is 4. The lowest BCUT2D eigenvalue weighted by Gasteiger charge is -2.29. The molecule has 0 spiro atoms. The molecule has 6 heteroatoms. The molecule has 0 N–H and O–H groups in total. The summed E-state index contributed by atoms with van der Waals surface area (Å²) in [5.74, 6) is 0. The third-order valence-electron chi connectivity index (χ3n) is 1.82. The summed E-state index contributed by atoms with van der Waals surface area (Å²) in [4.78, 5) is 28.0. The van der Waals surface area contributed by atoms with Crippen LogP contribution in [0.3, 0.4) is 0 Å².